The Morgan fingerprint density at radius 3 is 1.90 bits per heavy atom. The maximum absolute atomic E-state index is 6.57. The average molecular weight is 795 g/mol. The molecule has 0 bridgehead atoms. The van der Waals surface area contributed by atoms with Crippen molar-refractivity contribution in [1.29, 1.82) is 0 Å². The van der Waals surface area contributed by atoms with Crippen molar-refractivity contribution in [3.05, 3.63) is 200 Å². The molecule has 0 aliphatic rings. The fraction of sp³-hybridized carbons (Fsp3) is 0.0351. The molecule has 3 heterocycles. The minimum atomic E-state index is 0.614. The summed E-state index contributed by atoms with van der Waals surface area (Å²) < 4.78 is 8.98. The van der Waals surface area contributed by atoms with Crippen molar-refractivity contribution < 1.29 is 4.42 Å². The Labute approximate surface area is 357 Å². The lowest BCUT2D eigenvalue weighted by Crippen LogP contribution is -2.04. The van der Waals surface area contributed by atoms with Gasteiger partial charge in [0, 0.05) is 54.9 Å². The highest BCUT2D eigenvalue weighted by Crippen LogP contribution is 2.44. The summed E-state index contributed by atoms with van der Waals surface area (Å²) >= 11 is 0. The van der Waals surface area contributed by atoms with Crippen LogP contribution in [0, 0.1) is 0 Å². The summed E-state index contributed by atoms with van der Waals surface area (Å²) in [5.74, 6) is 1.86. The Balaban J connectivity index is 1.21. The Morgan fingerprint density at radius 1 is 0.468 bits per heavy atom. The zero-order valence-electron chi connectivity index (χ0n) is 34.2. The molecule has 12 aromatic rings. The molecule has 0 saturated carbocycles. The van der Waals surface area contributed by atoms with Crippen molar-refractivity contribution in [2.45, 2.75) is 13.8 Å². The Bertz CT molecular complexity index is 3830. The van der Waals surface area contributed by atoms with Gasteiger partial charge >= 0.3 is 0 Å². The van der Waals surface area contributed by atoms with Crippen molar-refractivity contribution in [2.75, 3.05) is 0 Å². The minimum absolute atomic E-state index is 0.614. The van der Waals surface area contributed by atoms with Gasteiger partial charge in [-0.15, -0.1) is 0 Å². The van der Waals surface area contributed by atoms with Gasteiger partial charge in [-0.1, -0.05) is 164 Å². The molecule has 5 heteroatoms. The largest absolute Gasteiger partial charge is 0.455 e. The van der Waals surface area contributed by atoms with Crippen LogP contribution in [-0.4, -0.2) is 19.5 Å². The molecule has 0 radical (unpaired) electrons. The van der Waals surface area contributed by atoms with E-state index in [1.54, 1.807) is 0 Å². The molecule has 0 spiro atoms. The first kappa shape index (κ1) is 35.8. The molecular weight excluding hydrogens is 757 g/mol. The van der Waals surface area contributed by atoms with Gasteiger partial charge in [0.05, 0.1) is 11.0 Å². The second-order valence-electron chi connectivity index (χ2n) is 15.8. The van der Waals surface area contributed by atoms with Crippen LogP contribution in [0.5, 0.6) is 0 Å². The molecule has 0 atom stereocenters. The highest BCUT2D eigenvalue weighted by molar-refractivity contribution is 6.29. The summed E-state index contributed by atoms with van der Waals surface area (Å²) in [4.78, 5) is 15.8. The van der Waals surface area contributed by atoms with Gasteiger partial charge in [0.2, 0.25) is 0 Å². The van der Waals surface area contributed by atoms with Gasteiger partial charge < -0.3 is 8.98 Å². The number of para-hydroxylation sites is 3. The van der Waals surface area contributed by atoms with Gasteiger partial charge in [-0.3, -0.25) is 0 Å². The second kappa shape index (κ2) is 14.3. The van der Waals surface area contributed by atoms with Gasteiger partial charge in [0.1, 0.15) is 11.2 Å². The van der Waals surface area contributed by atoms with Crippen LogP contribution in [0.25, 0.3) is 121 Å². The summed E-state index contributed by atoms with van der Waals surface area (Å²) in [6.07, 6.45) is 6.15. The van der Waals surface area contributed by atoms with E-state index in [0.717, 1.165) is 82.6 Å². The number of allylic oxidation sites excluding steroid dienone is 4. The average Bonchev–Trinajstić information content (AvgIpc) is 3.89. The first-order valence-corrected chi connectivity index (χ1v) is 21.1. The van der Waals surface area contributed by atoms with Crippen LogP contribution in [0.3, 0.4) is 0 Å². The van der Waals surface area contributed by atoms with Crippen molar-refractivity contribution in [3.8, 4) is 39.6 Å². The molecule has 0 aliphatic carbocycles. The van der Waals surface area contributed by atoms with E-state index >= 15 is 0 Å². The second-order valence-corrected chi connectivity index (χ2v) is 15.8. The molecule has 0 saturated heterocycles. The van der Waals surface area contributed by atoms with E-state index in [1.807, 2.05) is 50.3 Å². The van der Waals surface area contributed by atoms with E-state index in [0.29, 0.717) is 17.5 Å². The molecule has 0 unspecified atom stereocenters. The number of rotatable bonds is 6. The zero-order valence-corrected chi connectivity index (χ0v) is 34.2. The number of hydrogen-bond donors (Lipinski definition) is 0. The maximum atomic E-state index is 6.57. The Kier molecular flexibility index (Phi) is 8.22. The molecule has 292 valence electrons. The van der Waals surface area contributed by atoms with E-state index in [1.165, 1.54) is 26.9 Å². The van der Waals surface area contributed by atoms with Crippen molar-refractivity contribution in [1.82, 2.24) is 19.5 Å². The SMILES string of the molecule is C/C=C\C(=C/C)c1nc(-c2ccccc2)nc(-c2cc(-n3c4ccccc4c4ccc(-c5cccc6c5oc5ccccc56)cc43)cc3c4ccccc4c4ccccc4c23)n1. The Morgan fingerprint density at radius 2 is 1.11 bits per heavy atom. The van der Waals surface area contributed by atoms with Crippen LogP contribution in [-0.2, 0) is 0 Å². The first-order valence-electron chi connectivity index (χ1n) is 21.1. The first-order chi connectivity index (χ1) is 30.7. The van der Waals surface area contributed by atoms with Crippen LogP contribution in [0.2, 0.25) is 0 Å². The zero-order chi connectivity index (χ0) is 41.3. The fourth-order valence-corrected chi connectivity index (χ4v) is 9.54. The number of benzene rings is 9. The molecule has 3 aromatic heterocycles. The third kappa shape index (κ3) is 5.52. The molecule has 0 aliphatic heterocycles. The molecular formula is C57H38N4O. The van der Waals surface area contributed by atoms with E-state index < -0.39 is 0 Å². The maximum Gasteiger partial charge on any atom is 0.164 e. The van der Waals surface area contributed by atoms with Crippen LogP contribution >= 0.6 is 0 Å². The van der Waals surface area contributed by atoms with Crippen LogP contribution < -0.4 is 0 Å². The lowest BCUT2D eigenvalue weighted by molar-refractivity contribution is 0.670. The number of furan rings is 1. The summed E-state index contributed by atoms with van der Waals surface area (Å²) in [7, 11) is 0. The third-order valence-electron chi connectivity index (χ3n) is 12.3. The minimum Gasteiger partial charge on any atom is -0.455 e. The monoisotopic (exact) mass is 794 g/mol. The molecule has 62 heavy (non-hydrogen) atoms. The van der Waals surface area contributed by atoms with Crippen LogP contribution in [0.1, 0.15) is 19.7 Å². The summed E-state index contributed by atoms with van der Waals surface area (Å²) in [5.41, 5.74) is 9.93. The van der Waals surface area contributed by atoms with Crippen molar-refractivity contribution in [2.24, 2.45) is 0 Å². The highest BCUT2D eigenvalue weighted by atomic mass is 16.3. The summed E-state index contributed by atoms with van der Waals surface area (Å²) in [5, 5.41) is 11.5. The summed E-state index contributed by atoms with van der Waals surface area (Å²) in [6.45, 7) is 4.05. The summed E-state index contributed by atoms with van der Waals surface area (Å²) in [6, 6.07) is 62.6. The third-order valence-corrected chi connectivity index (χ3v) is 12.3. The molecule has 9 aromatic carbocycles. The van der Waals surface area contributed by atoms with Gasteiger partial charge in [0.15, 0.2) is 17.5 Å². The standard InChI is InChI=1S/C57H38N4O/c1-3-17-35(4-2)55-58-56(36-18-6-5-7-19-36)60-57(59-55)49-34-38(33-48-42-22-9-8-20-40(42)41-21-10-11-25-46(41)53(48)49)61-50-28-14-12-23-43(50)44-31-30-37(32-51(44)61)39-26-16-27-47-45-24-13-15-29-52(45)62-54(39)47/h3-34H,1-2H3/b17-3-,35-4+. The molecule has 12 rings (SSSR count). The fourth-order valence-electron chi connectivity index (χ4n) is 9.54. The van der Waals surface area contributed by atoms with E-state index in [2.05, 4.69) is 162 Å². The number of aromatic nitrogens is 4. The predicted molar refractivity (Wildman–Crippen MR) is 259 cm³/mol. The van der Waals surface area contributed by atoms with Gasteiger partial charge in [0.25, 0.3) is 0 Å². The Hall–Kier alpha value is -8.15. The van der Waals surface area contributed by atoms with E-state index in [4.69, 9.17) is 19.4 Å². The van der Waals surface area contributed by atoms with Crippen LogP contribution in [0.15, 0.2) is 199 Å². The number of nitrogens with zero attached hydrogens (tertiary/aromatic N) is 4. The van der Waals surface area contributed by atoms with Gasteiger partial charge in [-0.2, -0.15) is 0 Å². The number of fused-ring (bicyclic) bond motifs is 12. The predicted octanol–water partition coefficient (Wildman–Crippen LogP) is 15.3. The number of hydrogen-bond acceptors (Lipinski definition) is 4. The lowest BCUT2D eigenvalue weighted by Gasteiger charge is -2.18. The topological polar surface area (TPSA) is 56.7 Å². The normalized spacial score (nSPS) is 12.4. The van der Waals surface area contributed by atoms with Gasteiger partial charge in [-0.05, 0) is 76.7 Å². The quantitative estimate of drug-likeness (QED) is 0.124. The van der Waals surface area contributed by atoms with E-state index in [-0.39, 0.29) is 0 Å². The molecule has 5 nitrogen and oxygen atoms in total. The van der Waals surface area contributed by atoms with Crippen molar-refractivity contribution >= 4 is 81.6 Å². The molecule has 0 amide bonds. The highest BCUT2D eigenvalue weighted by Gasteiger charge is 2.22. The van der Waals surface area contributed by atoms with Gasteiger partial charge in [-0.25, -0.2) is 15.0 Å². The van der Waals surface area contributed by atoms with Crippen LogP contribution in [0.4, 0.5) is 0 Å². The smallest absolute Gasteiger partial charge is 0.164 e. The molecule has 0 fully saturated rings. The van der Waals surface area contributed by atoms with E-state index in [9.17, 15) is 0 Å². The molecule has 0 N–H and O–H groups in total. The lowest BCUT2D eigenvalue weighted by atomic mass is 9.91. The van der Waals surface area contributed by atoms with Crippen molar-refractivity contribution in [3.63, 3.8) is 0 Å².